The van der Waals surface area contributed by atoms with Crippen molar-refractivity contribution in [2.45, 2.75) is 13.0 Å². The predicted octanol–water partition coefficient (Wildman–Crippen LogP) is 4.69. The van der Waals surface area contributed by atoms with Crippen LogP contribution in [0.25, 0.3) is 0 Å². The van der Waals surface area contributed by atoms with Crippen molar-refractivity contribution in [3.05, 3.63) is 64.7 Å². The molecule has 0 aliphatic rings. The van der Waals surface area contributed by atoms with Crippen molar-refractivity contribution < 1.29 is 26.3 Å². The van der Waals surface area contributed by atoms with E-state index in [4.69, 9.17) is 0 Å². The summed E-state index contributed by atoms with van der Waals surface area (Å²) in [6, 6.07) is 4.34. The van der Waals surface area contributed by atoms with Crippen molar-refractivity contribution in [1.29, 1.82) is 0 Å². The number of halogens is 6. The number of hydrogen-bond acceptors (Lipinski definition) is 1. The van der Waals surface area contributed by atoms with Crippen LogP contribution in [-0.2, 0) is 0 Å². The molecule has 0 heterocycles. The van der Waals surface area contributed by atoms with Crippen molar-refractivity contribution >= 4 is 5.69 Å². The lowest BCUT2D eigenvalue weighted by Crippen LogP contribution is -2.14. The molecule has 0 spiro atoms. The van der Waals surface area contributed by atoms with Gasteiger partial charge >= 0.3 is 0 Å². The van der Waals surface area contributed by atoms with E-state index in [0.717, 1.165) is 6.07 Å². The van der Waals surface area contributed by atoms with Gasteiger partial charge in [0.1, 0.15) is 11.5 Å². The standard InChI is InChI=1S/C14H9F6N/c1-6(7-4-2-3-5-8(7)15)21-14-12(19)10(17)9(16)11(18)13(14)20/h2-6,21H,1H3. The maximum Gasteiger partial charge on any atom is 0.200 e. The summed E-state index contributed by atoms with van der Waals surface area (Å²) in [5.41, 5.74) is -1.16. The molecule has 0 fully saturated rings. The fourth-order valence-corrected chi connectivity index (χ4v) is 1.85. The van der Waals surface area contributed by atoms with Gasteiger partial charge in [0, 0.05) is 5.56 Å². The maximum absolute atomic E-state index is 13.5. The molecule has 0 bridgehead atoms. The molecule has 112 valence electrons. The smallest absolute Gasteiger partial charge is 0.200 e. The van der Waals surface area contributed by atoms with E-state index in [2.05, 4.69) is 5.32 Å². The Kier molecular flexibility index (Phi) is 4.11. The largest absolute Gasteiger partial charge is 0.373 e. The topological polar surface area (TPSA) is 12.0 Å². The minimum absolute atomic E-state index is 0.0291. The lowest BCUT2D eigenvalue weighted by molar-refractivity contribution is 0.380. The first-order valence-electron chi connectivity index (χ1n) is 5.87. The fourth-order valence-electron chi connectivity index (χ4n) is 1.85. The van der Waals surface area contributed by atoms with Gasteiger partial charge in [-0.2, -0.15) is 0 Å². The molecule has 1 atom stereocenters. The zero-order valence-electron chi connectivity index (χ0n) is 10.7. The van der Waals surface area contributed by atoms with Gasteiger partial charge in [0.25, 0.3) is 0 Å². The summed E-state index contributed by atoms with van der Waals surface area (Å²) in [7, 11) is 0. The first kappa shape index (κ1) is 15.2. The van der Waals surface area contributed by atoms with Gasteiger partial charge in [-0.1, -0.05) is 18.2 Å². The Morgan fingerprint density at radius 1 is 0.762 bits per heavy atom. The lowest BCUT2D eigenvalue weighted by Gasteiger charge is -2.18. The highest BCUT2D eigenvalue weighted by molar-refractivity contribution is 5.49. The van der Waals surface area contributed by atoms with E-state index < -0.39 is 46.6 Å². The van der Waals surface area contributed by atoms with Gasteiger partial charge in [-0.25, -0.2) is 26.3 Å². The summed E-state index contributed by atoms with van der Waals surface area (Å²) in [6.45, 7) is 1.33. The second kappa shape index (κ2) is 5.67. The normalized spacial score (nSPS) is 12.3. The number of benzene rings is 2. The summed E-state index contributed by atoms with van der Waals surface area (Å²) in [6.07, 6.45) is 0. The van der Waals surface area contributed by atoms with E-state index in [1.807, 2.05) is 0 Å². The molecule has 0 amide bonds. The highest BCUT2D eigenvalue weighted by atomic mass is 19.2. The lowest BCUT2D eigenvalue weighted by atomic mass is 10.1. The van der Waals surface area contributed by atoms with Crippen molar-refractivity contribution in [1.82, 2.24) is 0 Å². The molecule has 0 saturated carbocycles. The summed E-state index contributed by atoms with van der Waals surface area (Å²) < 4.78 is 79.6. The Labute approximate surface area is 116 Å². The van der Waals surface area contributed by atoms with Gasteiger partial charge in [0.2, 0.25) is 5.82 Å². The minimum atomic E-state index is -2.24. The molecule has 0 aliphatic carbocycles. The Balaban J connectivity index is 2.43. The van der Waals surface area contributed by atoms with Crippen LogP contribution in [0.4, 0.5) is 32.0 Å². The molecule has 1 N–H and O–H groups in total. The third-order valence-corrected chi connectivity index (χ3v) is 2.94. The van der Waals surface area contributed by atoms with E-state index >= 15 is 0 Å². The molecule has 7 heteroatoms. The van der Waals surface area contributed by atoms with Crippen LogP contribution in [0.15, 0.2) is 24.3 Å². The third kappa shape index (κ3) is 2.68. The van der Waals surface area contributed by atoms with Crippen LogP contribution in [-0.4, -0.2) is 0 Å². The van der Waals surface area contributed by atoms with E-state index in [1.54, 1.807) is 0 Å². The molecule has 0 radical (unpaired) electrons. The zero-order chi connectivity index (χ0) is 15.7. The zero-order valence-corrected chi connectivity index (χ0v) is 10.7. The molecule has 0 aromatic heterocycles. The molecule has 2 aromatic rings. The van der Waals surface area contributed by atoms with E-state index in [1.165, 1.54) is 25.1 Å². The summed E-state index contributed by atoms with van der Waals surface area (Å²) >= 11 is 0. The fraction of sp³-hybridized carbons (Fsp3) is 0.143. The third-order valence-electron chi connectivity index (χ3n) is 2.94. The van der Waals surface area contributed by atoms with Crippen molar-refractivity contribution in [3.8, 4) is 0 Å². The molecule has 1 unspecified atom stereocenters. The van der Waals surface area contributed by atoms with Gasteiger partial charge in [-0.3, -0.25) is 0 Å². The Bertz CT molecular complexity index is 656. The molecular formula is C14H9F6N. The van der Waals surface area contributed by atoms with Gasteiger partial charge < -0.3 is 5.32 Å². The number of rotatable bonds is 3. The second-order valence-corrected chi connectivity index (χ2v) is 4.33. The van der Waals surface area contributed by atoms with Crippen molar-refractivity contribution in [3.63, 3.8) is 0 Å². The molecule has 0 aliphatic heterocycles. The van der Waals surface area contributed by atoms with Gasteiger partial charge in [0.15, 0.2) is 23.3 Å². The SMILES string of the molecule is CC(Nc1c(F)c(F)c(F)c(F)c1F)c1ccccc1F. The number of anilines is 1. The van der Waals surface area contributed by atoms with E-state index in [9.17, 15) is 26.3 Å². The van der Waals surface area contributed by atoms with Crippen LogP contribution in [0.1, 0.15) is 18.5 Å². The maximum atomic E-state index is 13.5. The van der Waals surface area contributed by atoms with Crippen LogP contribution < -0.4 is 5.32 Å². The molecule has 1 nitrogen and oxygen atoms in total. The predicted molar refractivity (Wildman–Crippen MR) is 64.7 cm³/mol. The van der Waals surface area contributed by atoms with Crippen LogP contribution >= 0.6 is 0 Å². The van der Waals surface area contributed by atoms with Crippen LogP contribution in [0.5, 0.6) is 0 Å². The second-order valence-electron chi connectivity index (χ2n) is 4.33. The minimum Gasteiger partial charge on any atom is -0.373 e. The first-order valence-corrected chi connectivity index (χ1v) is 5.87. The monoisotopic (exact) mass is 305 g/mol. The van der Waals surface area contributed by atoms with Gasteiger partial charge in [-0.05, 0) is 13.0 Å². The van der Waals surface area contributed by atoms with E-state index in [-0.39, 0.29) is 5.56 Å². The molecule has 2 rings (SSSR count). The van der Waals surface area contributed by atoms with E-state index in [0.29, 0.717) is 0 Å². The highest BCUT2D eigenvalue weighted by Gasteiger charge is 2.27. The Hall–Kier alpha value is -2.18. The number of hydrogen-bond donors (Lipinski definition) is 1. The molecule has 0 saturated heterocycles. The summed E-state index contributed by atoms with van der Waals surface area (Å²) in [5.74, 6) is -11.0. The van der Waals surface area contributed by atoms with Crippen LogP contribution in [0.3, 0.4) is 0 Å². The Morgan fingerprint density at radius 2 is 1.24 bits per heavy atom. The first-order chi connectivity index (χ1) is 9.84. The number of nitrogens with one attached hydrogen (secondary N) is 1. The molecule has 2 aromatic carbocycles. The van der Waals surface area contributed by atoms with Crippen LogP contribution in [0, 0.1) is 34.9 Å². The highest BCUT2D eigenvalue weighted by Crippen LogP contribution is 2.30. The molecular weight excluding hydrogens is 296 g/mol. The van der Waals surface area contributed by atoms with Gasteiger partial charge in [0.05, 0.1) is 6.04 Å². The quantitative estimate of drug-likeness (QED) is 0.492. The van der Waals surface area contributed by atoms with Gasteiger partial charge in [-0.15, -0.1) is 0 Å². The average Bonchev–Trinajstić information content (AvgIpc) is 2.48. The van der Waals surface area contributed by atoms with Crippen molar-refractivity contribution in [2.24, 2.45) is 0 Å². The molecule has 21 heavy (non-hydrogen) atoms. The summed E-state index contributed by atoms with van der Waals surface area (Å²) in [4.78, 5) is 0. The average molecular weight is 305 g/mol. The van der Waals surface area contributed by atoms with Crippen LogP contribution in [0.2, 0.25) is 0 Å². The van der Waals surface area contributed by atoms with Crippen molar-refractivity contribution in [2.75, 3.05) is 5.32 Å². The summed E-state index contributed by atoms with van der Waals surface area (Å²) in [5, 5.41) is 2.11. The Morgan fingerprint density at radius 3 is 1.76 bits per heavy atom.